The maximum absolute atomic E-state index is 11.8. The highest BCUT2D eigenvalue weighted by molar-refractivity contribution is 14.0. The number of halogens is 1. The minimum absolute atomic E-state index is 0. The van der Waals surface area contributed by atoms with Crippen LogP contribution in [0.3, 0.4) is 0 Å². The number of hydrogen-bond acceptors (Lipinski definition) is 2. The highest BCUT2D eigenvalue weighted by atomic mass is 127. The van der Waals surface area contributed by atoms with Crippen molar-refractivity contribution >= 4 is 35.8 Å². The van der Waals surface area contributed by atoms with Gasteiger partial charge in [0.25, 0.3) is 0 Å². The first-order valence-corrected chi connectivity index (χ1v) is 8.75. The molecule has 1 aromatic carbocycles. The summed E-state index contributed by atoms with van der Waals surface area (Å²) in [6.07, 6.45) is 2.19. The summed E-state index contributed by atoms with van der Waals surface area (Å²) in [7, 11) is 3.49. The van der Waals surface area contributed by atoms with Gasteiger partial charge in [-0.1, -0.05) is 50.6 Å². The third kappa shape index (κ3) is 9.09. The summed E-state index contributed by atoms with van der Waals surface area (Å²) >= 11 is 0. The van der Waals surface area contributed by atoms with Crippen molar-refractivity contribution in [3.8, 4) is 0 Å². The number of guanidine groups is 1. The molecule has 0 spiro atoms. The molecule has 0 aromatic heterocycles. The van der Waals surface area contributed by atoms with Crippen molar-refractivity contribution in [2.75, 3.05) is 27.2 Å². The van der Waals surface area contributed by atoms with Crippen LogP contribution in [0.5, 0.6) is 0 Å². The van der Waals surface area contributed by atoms with E-state index in [4.69, 9.17) is 0 Å². The molecule has 2 unspecified atom stereocenters. The van der Waals surface area contributed by atoms with Crippen LogP contribution in [-0.4, -0.2) is 50.0 Å². The number of likely N-dealkylation sites (N-methyl/N-ethyl adjacent to an activating group) is 1. The molecule has 0 fully saturated rings. The minimum atomic E-state index is -0.00430. The number of carbonyl (C=O) groups excluding carboxylic acids is 1. The van der Waals surface area contributed by atoms with E-state index in [0.29, 0.717) is 11.9 Å². The molecule has 0 saturated carbocycles. The molecular formula is C19H33IN4O. The van der Waals surface area contributed by atoms with Crippen molar-refractivity contribution in [3.05, 3.63) is 35.9 Å². The van der Waals surface area contributed by atoms with E-state index in [1.54, 1.807) is 19.0 Å². The first-order valence-electron chi connectivity index (χ1n) is 8.75. The van der Waals surface area contributed by atoms with Crippen molar-refractivity contribution in [1.82, 2.24) is 15.5 Å². The van der Waals surface area contributed by atoms with Crippen molar-refractivity contribution in [2.45, 2.75) is 45.6 Å². The van der Waals surface area contributed by atoms with Gasteiger partial charge in [0.05, 0.1) is 0 Å². The minimum Gasteiger partial charge on any atom is -0.356 e. The smallest absolute Gasteiger partial charge is 0.243 e. The van der Waals surface area contributed by atoms with Crippen LogP contribution in [0.1, 0.15) is 45.1 Å². The van der Waals surface area contributed by atoms with Gasteiger partial charge in [-0.15, -0.1) is 24.0 Å². The number of amides is 1. The lowest BCUT2D eigenvalue weighted by Gasteiger charge is -2.24. The predicted molar refractivity (Wildman–Crippen MR) is 117 cm³/mol. The average Bonchev–Trinajstić information content (AvgIpc) is 2.59. The lowest BCUT2D eigenvalue weighted by molar-refractivity contribution is -0.127. The monoisotopic (exact) mass is 460 g/mol. The molecule has 2 atom stereocenters. The topological polar surface area (TPSA) is 56.7 Å². The molecule has 0 aliphatic heterocycles. The highest BCUT2D eigenvalue weighted by Crippen LogP contribution is 2.18. The van der Waals surface area contributed by atoms with Crippen LogP contribution in [0.15, 0.2) is 35.3 Å². The Kier molecular flexibility index (Phi) is 12.3. The molecule has 25 heavy (non-hydrogen) atoms. The van der Waals surface area contributed by atoms with E-state index in [9.17, 15) is 4.79 Å². The molecule has 6 heteroatoms. The number of aliphatic imine (C=N–C) groups is 1. The zero-order valence-electron chi connectivity index (χ0n) is 16.1. The number of unbranched alkanes of at least 4 members (excludes halogenated alkanes) is 1. The second-order valence-electron chi connectivity index (χ2n) is 6.37. The number of benzene rings is 1. The Hall–Kier alpha value is -1.31. The van der Waals surface area contributed by atoms with Gasteiger partial charge in [0, 0.05) is 32.6 Å². The Labute approximate surface area is 169 Å². The van der Waals surface area contributed by atoms with Gasteiger partial charge >= 0.3 is 0 Å². The molecule has 2 N–H and O–H groups in total. The van der Waals surface area contributed by atoms with E-state index in [2.05, 4.69) is 60.7 Å². The quantitative estimate of drug-likeness (QED) is 0.271. The van der Waals surface area contributed by atoms with Crippen molar-refractivity contribution in [3.63, 3.8) is 0 Å². The van der Waals surface area contributed by atoms with E-state index in [1.807, 2.05) is 6.07 Å². The molecule has 142 valence electrons. The molecule has 1 amide bonds. The second-order valence-corrected chi connectivity index (χ2v) is 6.37. The highest BCUT2D eigenvalue weighted by Gasteiger charge is 2.15. The lowest BCUT2D eigenvalue weighted by atomic mass is 9.94. The number of hydrogen-bond donors (Lipinski definition) is 2. The number of carbonyl (C=O) groups is 1. The summed E-state index contributed by atoms with van der Waals surface area (Å²) in [4.78, 5) is 17.8. The van der Waals surface area contributed by atoms with Crippen LogP contribution in [0, 0.1) is 0 Å². The molecule has 0 saturated heterocycles. The van der Waals surface area contributed by atoms with Crippen LogP contribution in [-0.2, 0) is 4.79 Å². The molecule has 0 aliphatic carbocycles. The van der Waals surface area contributed by atoms with E-state index >= 15 is 0 Å². The molecule has 1 aromatic rings. The fourth-order valence-corrected chi connectivity index (χ4v) is 2.21. The maximum atomic E-state index is 11.8. The SMILES string of the molecule is CCCCNC(=NCC(=O)N(C)C)NC(C)C(C)c1ccccc1.I. The fraction of sp³-hybridized carbons (Fsp3) is 0.579. The summed E-state index contributed by atoms with van der Waals surface area (Å²) in [5.41, 5.74) is 1.29. The Morgan fingerprint density at radius 1 is 1.20 bits per heavy atom. The Balaban J connectivity index is 0.00000576. The zero-order chi connectivity index (χ0) is 17.9. The standard InChI is InChI=1S/C19H32N4O.HI/c1-6-7-13-20-19(21-14-18(24)23(4)5)22-16(3)15(2)17-11-9-8-10-12-17;/h8-12,15-16H,6-7,13-14H2,1-5H3,(H2,20,21,22);1H. The van der Waals surface area contributed by atoms with Gasteiger partial charge in [-0.05, 0) is 18.9 Å². The molecule has 0 radical (unpaired) electrons. The molecular weight excluding hydrogens is 427 g/mol. The van der Waals surface area contributed by atoms with Crippen molar-refractivity contribution < 1.29 is 4.79 Å². The van der Waals surface area contributed by atoms with E-state index in [-0.39, 0.29) is 42.5 Å². The Bertz CT molecular complexity index is 519. The first-order chi connectivity index (χ1) is 11.5. The summed E-state index contributed by atoms with van der Waals surface area (Å²) < 4.78 is 0. The van der Waals surface area contributed by atoms with Crippen molar-refractivity contribution in [2.24, 2.45) is 4.99 Å². The molecule has 0 aliphatic rings. The van der Waals surface area contributed by atoms with Crippen molar-refractivity contribution in [1.29, 1.82) is 0 Å². The fourth-order valence-electron chi connectivity index (χ4n) is 2.21. The maximum Gasteiger partial charge on any atom is 0.243 e. The van der Waals surface area contributed by atoms with Crippen LogP contribution in [0.4, 0.5) is 0 Å². The van der Waals surface area contributed by atoms with E-state index < -0.39 is 0 Å². The van der Waals surface area contributed by atoms with Crippen LogP contribution in [0.2, 0.25) is 0 Å². The number of rotatable bonds is 8. The Morgan fingerprint density at radius 2 is 1.84 bits per heavy atom. The zero-order valence-corrected chi connectivity index (χ0v) is 18.4. The van der Waals surface area contributed by atoms with Crippen LogP contribution < -0.4 is 10.6 Å². The van der Waals surface area contributed by atoms with Gasteiger partial charge in [0.2, 0.25) is 5.91 Å². The van der Waals surface area contributed by atoms with Gasteiger partial charge in [-0.3, -0.25) is 4.79 Å². The summed E-state index contributed by atoms with van der Waals surface area (Å²) in [5.74, 6) is 1.04. The summed E-state index contributed by atoms with van der Waals surface area (Å²) in [6.45, 7) is 7.50. The largest absolute Gasteiger partial charge is 0.356 e. The van der Waals surface area contributed by atoms with Gasteiger partial charge in [0.1, 0.15) is 6.54 Å². The van der Waals surface area contributed by atoms with E-state index in [0.717, 1.165) is 19.4 Å². The second kappa shape index (κ2) is 13.0. The van der Waals surface area contributed by atoms with Gasteiger partial charge in [-0.2, -0.15) is 0 Å². The molecule has 5 nitrogen and oxygen atoms in total. The molecule has 0 bridgehead atoms. The Morgan fingerprint density at radius 3 is 2.40 bits per heavy atom. The van der Waals surface area contributed by atoms with Gasteiger partial charge < -0.3 is 15.5 Å². The van der Waals surface area contributed by atoms with Gasteiger partial charge in [-0.25, -0.2) is 4.99 Å². The number of nitrogens with one attached hydrogen (secondary N) is 2. The average molecular weight is 460 g/mol. The lowest BCUT2D eigenvalue weighted by Crippen LogP contribution is -2.45. The molecule has 0 heterocycles. The first kappa shape index (κ1) is 23.7. The summed E-state index contributed by atoms with van der Waals surface area (Å²) in [5, 5.41) is 6.76. The normalized spacial score (nSPS) is 13.4. The third-order valence-electron chi connectivity index (χ3n) is 4.13. The van der Waals surface area contributed by atoms with Crippen LogP contribution in [0.25, 0.3) is 0 Å². The van der Waals surface area contributed by atoms with Gasteiger partial charge in [0.15, 0.2) is 5.96 Å². The number of nitrogens with zero attached hydrogens (tertiary/aromatic N) is 2. The predicted octanol–water partition coefficient (Wildman–Crippen LogP) is 3.22. The van der Waals surface area contributed by atoms with E-state index in [1.165, 1.54) is 5.56 Å². The molecule has 1 rings (SSSR count). The van der Waals surface area contributed by atoms with Crippen LogP contribution >= 0.6 is 24.0 Å². The summed E-state index contributed by atoms with van der Waals surface area (Å²) in [6, 6.07) is 10.6. The third-order valence-corrected chi connectivity index (χ3v) is 4.13.